The van der Waals surface area contributed by atoms with Crippen molar-refractivity contribution < 1.29 is 19.9 Å². The van der Waals surface area contributed by atoms with Crippen LogP contribution in [0.15, 0.2) is 58.8 Å². The summed E-state index contributed by atoms with van der Waals surface area (Å²) in [5, 5.41) is 38.3. The lowest BCUT2D eigenvalue weighted by molar-refractivity contribution is -0.346. The molecule has 30 heavy (non-hydrogen) atoms. The number of hydrogen-bond acceptors (Lipinski definition) is 7. The SMILES string of the molecule is CC1(C)CC(C(=Cc2ccccc2)N(OCCO)OCCO)=CC(=C(C#N)C#N)C1. The topological polar surface area (TPSA) is 110 Å². The van der Waals surface area contributed by atoms with Gasteiger partial charge in [0.25, 0.3) is 0 Å². The fraction of sp³-hybridized carbons (Fsp3) is 0.391. The van der Waals surface area contributed by atoms with E-state index in [1.807, 2.05) is 54.6 Å². The third kappa shape index (κ3) is 6.55. The molecule has 0 bridgehead atoms. The molecule has 2 rings (SSSR count). The first-order chi connectivity index (χ1) is 14.4. The lowest BCUT2D eigenvalue weighted by atomic mass is 9.73. The second-order valence-electron chi connectivity index (χ2n) is 7.62. The summed E-state index contributed by atoms with van der Waals surface area (Å²) in [6, 6.07) is 13.5. The second-order valence-corrected chi connectivity index (χ2v) is 7.62. The zero-order valence-electron chi connectivity index (χ0n) is 17.3. The highest BCUT2D eigenvalue weighted by Crippen LogP contribution is 2.42. The zero-order valence-corrected chi connectivity index (χ0v) is 17.3. The van der Waals surface area contributed by atoms with Crippen LogP contribution >= 0.6 is 0 Å². The number of allylic oxidation sites excluding steroid dienone is 4. The van der Waals surface area contributed by atoms with Crippen molar-refractivity contribution in [1.29, 1.82) is 10.5 Å². The highest BCUT2D eigenvalue weighted by atomic mass is 16.9. The van der Waals surface area contributed by atoms with E-state index in [-0.39, 0.29) is 37.4 Å². The molecule has 158 valence electrons. The van der Waals surface area contributed by atoms with Crippen molar-refractivity contribution >= 4 is 6.08 Å². The molecule has 0 amide bonds. The van der Waals surface area contributed by atoms with Crippen molar-refractivity contribution in [2.24, 2.45) is 5.41 Å². The van der Waals surface area contributed by atoms with Crippen LogP contribution in [-0.2, 0) is 9.68 Å². The van der Waals surface area contributed by atoms with Gasteiger partial charge in [-0.3, -0.25) is 0 Å². The molecule has 0 heterocycles. The number of nitriles is 2. The van der Waals surface area contributed by atoms with Crippen molar-refractivity contribution in [3.05, 3.63) is 64.4 Å². The van der Waals surface area contributed by atoms with Gasteiger partial charge in [0, 0.05) is 0 Å². The van der Waals surface area contributed by atoms with Crippen LogP contribution < -0.4 is 0 Å². The molecule has 0 saturated carbocycles. The quantitative estimate of drug-likeness (QED) is 0.476. The Hall–Kier alpha value is -2.94. The Balaban J connectivity index is 2.62. The predicted molar refractivity (Wildman–Crippen MR) is 112 cm³/mol. The van der Waals surface area contributed by atoms with Crippen LogP contribution in [0.2, 0.25) is 0 Å². The van der Waals surface area contributed by atoms with Crippen LogP contribution in [0.5, 0.6) is 0 Å². The Bertz CT molecular complexity index is 865. The Morgan fingerprint density at radius 3 is 2.20 bits per heavy atom. The van der Waals surface area contributed by atoms with Crippen molar-refractivity contribution in [2.75, 3.05) is 26.4 Å². The third-order valence-electron chi connectivity index (χ3n) is 4.46. The predicted octanol–water partition coefficient (Wildman–Crippen LogP) is 3.27. The summed E-state index contributed by atoms with van der Waals surface area (Å²) in [6.45, 7) is 3.72. The summed E-state index contributed by atoms with van der Waals surface area (Å²) in [7, 11) is 0. The van der Waals surface area contributed by atoms with Gasteiger partial charge in [0.1, 0.15) is 30.9 Å². The molecule has 1 aliphatic carbocycles. The molecule has 0 unspecified atom stereocenters. The number of aliphatic hydroxyl groups excluding tert-OH is 2. The maximum absolute atomic E-state index is 9.36. The second kappa shape index (κ2) is 11.3. The minimum absolute atomic E-state index is 0.00142. The van der Waals surface area contributed by atoms with Crippen molar-refractivity contribution in [3.8, 4) is 12.1 Å². The van der Waals surface area contributed by atoms with Gasteiger partial charge in [0.2, 0.25) is 0 Å². The number of benzene rings is 1. The maximum atomic E-state index is 9.36. The van der Waals surface area contributed by atoms with Crippen molar-refractivity contribution in [2.45, 2.75) is 26.7 Å². The van der Waals surface area contributed by atoms with Crippen LogP contribution in [0.25, 0.3) is 6.08 Å². The van der Waals surface area contributed by atoms with E-state index in [0.29, 0.717) is 24.1 Å². The molecule has 2 N–H and O–H groups in total. The van der Waals surface area contributed by atoms with Crippen LogP contribution in [0, 0.1) is 28.1 Å². The minimum Gasteiger partial charge on any atom is -0.394 e. The summed E-state index contributed by atoms with van der Waals surface area (Å²) in [6.07, 6.45) is 4.96. The smallest absolute Gasteiger partial charge is 0.132 e. The Kier molecular flexibility index (Phi) is 8.79. The molecule has 0 saturated heterocycles. The highest BCUT2D eigenvalue weighted by Gasteiger charge is 2.31. The van der Waals surface area contributed by atoms with E-state index < -0.39 is 0 Å². The Morgan fingerprint density at radius 1 is 1.07 bits per heavy atom. The molecule has 7 nitrogen and oxygen atoms in total. The molecule has 1 aromatic rings. The summed E-state index contributed by atoms with van der Waals surface area (Å²) < 4.78 is 0. The molecule has 0 radical (unpaired) electrons. The van der Waals surface area contributed by atoms with Gasteiger partial charge in [-0.05, 0) is 41.0 Å². The van der Waals surface area contributed by atoms with E-state index in [9.17, 15) is 20.7 Å². The highest BCUT2D eigenvalue weighted by molar-refractivity contribution is 5.60. The third-order valence-corrected chi connectivity index (χ3v) is 4.46. The van der Waals surface area contributed by atoms with Gasteiger partial charge in [-0.15, -0.1) is 5.23 Å². The summed E-state index contributed by atoms with van der Waals surface area (Å²) in [5.41, 5.74) is 2.84. The molecule has 0 spiro atoms. The molecular weight excluding hydrogens is 382 g/mol. The normalized spacial score (nSPS) is 15.7. The van der Waals surface area contributed by atoms with Gasteiger partial charge in [0.15, 0.2) is 0 Å². The van der Waals surface area contributed by atoms with Gasteiger partial charge in [-0.1, -0.05) is 50.3 Å². The van der Waals surface area contributed by atoms with E-state index in [1.165, 1.54) is 5.23 Å². The van der Waals surface area contributed by atoms with E-state index >= 15 is 0 Å². The number of rotatable bonds is 9. The van der Waals surface area contributed by atoms with Crippen LogP contribution in [-0.4, -0.2) is 41.9 Å². The average molecular weight is 409 g/mol. The Morgan fingerprint density at radius 2 is 1.67 bits per heavy atom. The number of aliphatic hydroxyl groups is 2. The molecule has 1 aromatic carbocycles. The van der Waals surface area contributed by atoms with Crippen LogP contribution in [0.1, 0.15) is 32.3 Å². The number of nitrogens with zero attached hydrogens (tertiary/aromatic N) is 3. The summed E-state index contributed by atoms with van der Waals surface area (Å²) in [5.74, 6) is 0. The monoisotopic (exact) mass is 409 g/mol. The van der Waals surface area contributed by atoms with Gasteiger partial charge < -0.3 is 10.2 Å². The fourth-order valence-electron chi connectivity index (χ4n) is 3.29. The van der Waals surface area contributed by atoms with Gasteiger partial charge in [-0.2, -0.15) is 10.5 Å². The summed E-state index contributed by atoms with van der Waals surface area (Å²) >= 11 is 0. The largest absolute Gasteiger partial charge is 0.394 e. The van der Waals surface area contributed by atoms with Gasteiger partial charge in [0.05, 0.1) is 18.9 Å². The van der Waals surface area contributed by atoms with E-state index in [2.05, 4.69) is 13.8 Å². The maximum Gasteiger partial charge on any atom is 0.132 e. The van der Waals surface area contributed by atoms with Crippen LogP contribution in [0.3, 0.4) is 0 Å². The lowest BCUT2D eigenvalue weighted by Crippen LogP contribution is -2.30. The molecule has 1 aliphatic rings. The lowest BCUT2D eigenvalue weighted by Gasteiger charge is -2.35. The standard InChI is InChI=1S/C23H27N3O4/c1-23(2)14-19(21(16-24)17-25)13-20(15-23)22(12-18-6-4-3-5-7-18)26(29-10-8-27)30-11-9-28/h3-7,12-13,27-28H,8-11,14-15H2,1-2H3. The number of hydrogen-bond donors (Lipinski definition) is 2. The first-order valence-electron chi connectivity index (χ1n) is 9.73. The van der Waals surface area contributed by atoms with E-state index in [4.69, 9.17) is 9.68 Å². The Labute approximate surface area is 177 Å². The summed E-state index contributed by atoms with van der Waals surface area (Å²) in [4.78, 5) is 11.2. The van der Waals surface area contributed by atoms with Crippen molar-refractivity contribution in [3.63, 3.8) is 0 Å². The first-order valence-corrected chi connectivity index (χ1v) is 9.73. The molecule has 0 aromatic heterocycles. The number of hydroxylamine groups is 2. The zero-order chi connectivity index (χ0) is 22.0. The van der Waals surface area contributed by atoms with E-state index in [1.54, 1.807) is 0 Å². The molecule has 0 atom stereocenters. The van der Waals surface area contributed by atoms with Gasteiger partial charge in [-0.25, -0.2) is 9.68 Å². The molecule has 0 aliphatic heterocycles. The van der Waals surface area contributed by atoms with Crippen LogP contribution in [0.4, 0.5) is 0 Å². The van der Waals surface area contributed by atoms with Crippen molar-refractivity contribution in [1.82, 2.24) is 5.23 Å². The van der Waals surface area contributed by atoms with Gasteiger partial charge >= 0.3 is 0 Å². The average Bonchev–Trinajstić information content (AvgIpc) is 2.73. The fourth-order valence-corrected chi connectivity index (χ4v) is 3.29. The minimum atomic E-state index is -0.208. The first kappa shape index (κ1) is 23.3. The molecular formula is C23H27N3O4. The van der Waals surface area contributed by atoms with E-state index in [0.717, 1.165) is 11.1 Å². The molecule has 0 fully saturated rings. The molecule has 7 heteroatoms.